The second kappa shape index (κ2) is 43.0. The van der Waals surface area contributed by atoms with Gasteiger partial charge < -0.3 is 28.8 Å². The van der Waals surface area contributed by atoms with E-state index in [0.29, 0.717) is 17.4 Å². The lowest BCUT2D eigenvalue weighted by Crippen LogP contribution is -2.45. The molecule has 1 amide bonds. The van der Waals surface area contributed by atoms with E-state index in [1.54, 1.807) is 6.08 Å². The number of nitrogens with one attached hydrogen (secondary N) is 1. The van der Waals surface area contributed by atoms with Crippen LogP contribution in [-0.2, 0) is 18.4 Å². The van der Waals surface area contributed by atoms with E-state index in [-0.39, 0.29) is 19.1 Å². The summed E-state index contributed by atoms with van der Waals surface area (Å²) in [5, 5.41) is 13.8. The number of nitrogens with zero attached hydrogens (tertiary/aromatic N) is 1. The Morgan fingerprint density at radius 3 is 1.38 bits per heavy atom. The second-order valence-electron chi connectivity index (χ2n) is 18.5. The van der Waals surface area contributed by atoms with Crippen molar-refractivity contribution in [2.24, 2.45) is 0 Å². The number of phosphoric acid groups is 1. The smallest absolute Gasteiger partial charge is 0.268 e. The number of rotatable bonds is 46. The minimum absolute atomic E-state index is 0.00173. The number of carbonyl (C=O) groups excluding carboxylic acids is 1. The number of hydrogen-bond acceptors (Lipinski definition) is 6. The molecule has 0 aromatic carbocycles. The summed E-state index contributed by atoms with van der Waals surface area (Å²) in [5.41, 5.74) is 0. The van der Waals surface area contributed by atoms with Gasteiger partial charge in [0.05, 0.1) is 39.9 Å². The van der Waals surface area contributed by atoms with Gasteiger partial charge >= 0.3 is 0 Å². The number of aliphatic hydroxyl groups excluding tert-OH is 1. The molecule has 0 aromatic heterocycles. The number of likely N-dealkylation sites (N-methyl/N-ethyl adjacent to an activating group) is 1. The molecule has 0 aliphatic rings. The number of phosphoric ester groups is 1. The molecule has 2 N–H and O–H groups in total. The molecule has 354 valence electrons. The highest BCUT2D eigenvalue weighted by Gasteiger charge is 2.23. The minimum atomic E-state index is -4.59. The molecule has 0 spiro atoms. The number of allylic oxidation sites excluding steroid dienone is 5. The summed E-state index contributed by atoms with van der Waals surface area (Å²) in [6, 6.07) is -0.888. The minimum Gasteiger partial charge on any atom is -0.756 e. The number of hydrogen-bond donors (Lipinski definition) is 2. The van der Waals surface area contributed by atoms with Crippen LogP contribution in [0.5, 0.6) is 0 Å². The van der Waals surface area contributed by atoms with Crippen molar-refractivity contribution in [3.8, 4) is 0 Å². The Bertz CT molecular complexity index is 1070. The van der Waals surface area contributed by atoms with Gasteiger partial charge in [-0.2, -0.15) is 0 Å². The van der Waals surface area contributed by atoms with Gasteiger partial charge in [0.1, 0.15) is 13.2 Å². The predicted molar refractivity (Wildman–Crippen MR) is 256 cm³/mol. The van der Waals surface area contributed by atoms with Crippen LogP contribution in [0.3, 0.4) is 0 Å². The number of quaternary nitrogens is 1. The molecule has 0 heterocycles. The molecular formula is C51H99N2O6P. The van der Waals surface area contributed by atoms with Gasteiger partial charge in [-0.3, -0.25) is 9.36 Å². The maximum atomic E-state index is 12.9. The van der Waals surface area contributed by atoms with E-state index < -0.39 is 20.0 Å². The van der Waals surface area contributed by atoms with E-state index in [9.17, 15) is 19.4 Å². The quantitative estimate of drug-likeness (QED) is 0.0273. The zero-order valence-electron chi connectivity index (χ0n) is 40.2. The van der Waals surface area contributed by atoms with Crippen molar-refractivity contribution in [3.63, 3.8) is 0 Å². The third-order valence-electron chi connectivity index (χ3n) is 11.3. The standard InChI is InChI=1S/C51H99N2O6P/c1-6-8-10-12-14-16-18-20-22-24-25-26-27-29-31-33-35-37-39-41-43-45-51(55)52-49(48-59-60(56,57)58-47-46-53(3,4)5)50(54)44-42-40-38-36-34-32-30-28-23-21-19-17-15-13-11-9-7-2/h18,20,24-25,42,44,49-50,54H,6-17,19,21-23,26-41,43,45-48H2,1-5H3,(H-,52,55,56,57)/b20-18-,25-24-,44-42+. The molecule has 8 nitrogen and oxygen atoms in total. The molecule has 0 saturated heterocycles. The van der Waals surface area contributed by atoms with Crippen LogP contribution in [0.2, 0.25) is 0 Å². The highest BCUT2D eigenvalue weighted by atomic mass is 31.2. The van der Waals surface area contributed by atoms with Crippen molar-refractivity contribution in [2.75, 3.05) is 40.9 Å². The maximum Gasteiger partial charge on any atom is 0.268 e. The summed E-state index contributed by atoms with van der Waals surface area (Å²) < 4.78 is 23.3. The van der Waals surface area contributed by atoms with Gasteiger partial charge in [0.25, 0.3) is 7.82 Å². The van der Waals surface area contributed by atoms with E-state index in [4.69, 9.17) is 9.05 Å². The lowest BCUT2D eigenvalue weighted by Gasteiger charge is -2.29. The molecule has 0 rings (SSSR count). The van der Waals surface area contributed by atoms with Gasteiger partial charge in [-0.15, -0.1) is 0 Å². The van der Waals surface area contributed by atoms with Crippen molar-refractivity contribution in [1.29, 1.82) is 0 Å². The molecule has 0 aromatic rings. The van der Waals surface area contributed by atoms with E-state index in [0.717, 1.165) is 44.9 Å². The summed E-state index contributed by atoms with van der Waals surface area (Å²) in [6.07, 6.45) is 53.3. The van der Waals surface area contributed by atoms with E-state index in [2.05, 4.69) is 43.5 Å². The topological polar surface area (TPSA) is 108 Å². The van der Waals surface area contributed by atoms with Gasteiger partial charge in [-0.05, 0) is 51.4 Å². The Labute approximate surface area is 372 Å². The summed E-state index contributed by atoms with van der Waals surface area (Å²) in [6.45, 7) is 4.65. The van der Waals surface area contributed by atoms with E-state index in [1.807, 2.05) is 27.2 Å². The van der Waals surface area contributed by atoms with Crippen LogP contribution >= 0.6 is 7.82 Å². The number of aliphatic hydroxyl groups is 1. The first-order valence-corrected chi connectivity index (χ1v) is 26.8. The van der Waals surface area contributed by atoms with Gasteiger partial charge in [0.15, 0.2) is 0 Å². The SMILES string of the molecule is CCCCCCC/C=C\C/C=C\CCCCCCCCCCCC(=O)NC(COP(=O)([O-])OCC[N+](C)(C)C)C(O)/C=C/CCCCCCCCCCCCCCCCC. The predicted octanol–water partition coefficient (Wildman–Crippen LogP) is 14.0. The first-order chi connectivity index (χ1) is 29.0. The zero-order valence-corrected chi connectivity index (χ0v) is 41.1. The van der Waals surface area contributed by atoms with E-state index >= 15 is 0 Å². The molecule has 0 aliphatic carbocycles. The highest BCUT2D eigenvalue weighted by molar-refractivity contribution is 7.45. The molecule has 0 fully saturated rings. The molecule has 9 heteroatoms. The molecule has 0 saturated carbocycles. The average molecular weight is 867 g/mol. The third-order valence-corrected chi connectivity index (χ3v) is 12.3. The number of unbranched alkanes of at least 4 members (excludes halogenated alkanes) is 29. The highest BCUT2D eigenvalue weighted by Crippen LogP contribution is 2.38. The van der Waals surface area contributed by atoms with Crippen LogP contribution in [0.4, 0.5) is 0 Å². The molecule has 60 heavy (non-hydrogen) atoms. The first-order valence-electron chi connectivity index (χ1n) is 25.4. The fourth-order valence-electron chi connectivity index (χ4n) is 7.30. The molecule has 0 radical (unpaired) electrons. The number of carbonyl (C=O) groups is 1. The van der Waals surface area contributed by atoms with Crippen LogP contribution < -0.4 is 10.2 Å². The number of amides is 1. The van der Waals surface area contributed by atoms with Crippen LogP contribution in [0.1, 0.15) is 232 Å². The summed E-state index contributed by atoms with van der Waals surface area (Å²) in [5.74, 6) is -0.201. The molecule has 0 bridgehead atoms. The second-order valence-corrected chi connectivity index (χ2v) is 19.9. The Morgan fingerprint density at radius 1 is 0.583 bits per heavy atom. The first kappa shape index (κ1) is 58.7. The fraction of sp³-hybridized carbons (Fsp3) is 0.863. The van der Waals surface area contributed by atoms with Gasteiger partial charge in [0.2, 0.25) is 5.91 Å². The lowest BCUT2D eigenvalue weighted by atomic mass is 10.0. The van der Waals surface area contributed by atoms with Crippen molar-refractivity contribution in [2.45, 2.75) is 244 Å². The lowest BCUT2D eigenvalue weighted by molar-refractivity contribution is -0.870. The fourth-order valence-corrected chi connectivity index (χ4v) is 8.02. The Balaban J connectivity index is 4.32. The van der Waals surface area contributed by atoms with Gasteiger partial charge in [-0.1, -0.05) is 211 Å². The zero-order chi connectivity index (χ0) is 44.3. The Kier molecular flexibility index (Phi) is 42.1. The summed E-state index contributed by atoms with van der Waals surface area (Å²) in [4.78, 5) is 25.4. The van der Waals surface area contributed by atoms with E-state index in [1.165, 1.54) is 167 Å². The summed E-state index contributed by atoms with van der Waals surface area (Å²) in [7, 11) is 1.26. The normalized spacial score (nSPS) is 14.4. The summed E-state index contributed by atoms with van der Waals surface area (Å²) >= 11 is 0. The van der Waals surface area contributed by atoms with Crippen LogP contribution in [0.25, 0.3) is 0 Å². The van der Waals surface area contributed by atoms with Crippen molar-refractivity contribution < 1.29 is 32.9 Å². The van der Waals surface area contributed by atoms with Crippen molar-refractivity contribution >= 4 is 13.7 Å². The Morgan fingerprint density at radius 2 is 0.967 bits per heavy atom. The molecular weight excluding hydrogens is 768 g/mol. The monoisotopic (exact) mass is 867 g/mol. The van der Waals surface area contributed by atoms with Crippen molar-refractivity contribution in [1.82, 2.24) is 5.32 Å². The van der Waals surface area contributed by atoms with Gasteiger partial charge in [0, 0.05) is 6.42 Å². The molecule has 3 atom stereocenters. The van der Waals surface area contributed by atoms with Crippen LogP contribution in [0, 0.1) is 0 Å². The van der Waals surface area contributed by atoms with Crippen LogP contribution in [-0.4, -0.2) is 68.5 Å². The van der Waals surface area contributed by atoms with Gasteiger partial charge in [-0.25, -0.2) is 0 Å². The largest absolute Gasteiger partial charge is 0.756 e. The van der Waals surface area contributed by atoms with Crippen molar-refractivity contribution in [3.05, 3.63) is 36.5 Å². The third kappa shape index (κ3) is 44.8. The average Bonchev–Trinajstić information content (AvgIpc) is 3.20. The maximum absolute atomic E-state index is 12.9. The van der Waals surface area contributed by atoms with Crippen LogP contribution in [0.15, 0.2) is 36.5 Å². The Hall–Kier alpha value is -1.28. The molecule has 3 unspecified atom stereocenters. The molecule has 0 aliphatic heterocycles.